The summed E-state index contributed by atoms with van der Waals surface area (Å²) in [7, 11) is 0. The van der Waals surface area contributed by atoms with E-state index in [4.69, 9.17) is 14.6 Å². The van der Waals surface area contributed by atoms with Crippen molar-refractivity contribution >= 4 is 0 Å². The van der Waals surface area contributed by atoms with E-state index in [9.17, 15) is 0 Å². The number of aliphatic hydroxyl groups excluding tert-OH is 1. The zero-order chi connectivity index (χ0) is 9.73. The summed E-state index contributed by atoms with van der Waals surface area (Å²) in [6.07, 6.45) is 2.94. The maximum absolute atomic E-state index is 9.13. The van der Waals surface area contributed by atoms with Gasteiger partial charge >= 0.3 is 0 Å². The maximum atomic E-state index is 9.13. The van der Waals surface area contributed by atoms with Gasteiger partial charge in [-0.2, -0.15) is 0 Å². The lowest BCUT2D eigenvalue weighted by molar-refractivity contribution is -0.150. The van der Waals surface area contributed by atoms with Gasteiger partial charge in [0.25, 0.3) is 0 Å². The predicted molar refractivity (Wildman–Crippen MR) is 50.4 cm³/mol. The standard InChI is InChI=1S/C10H20O3/c1-3-12-9(13-4-2)7-10(8-11)5-6-10/h9,11H,3-8H2,1-2H3. The van der Waals surface area contributed by atoms with Gasteiger partial charge in [0.1, 0.15) is 0 Å². The maximum Gasteiger partial charge on any atom is 0.158 e. The third-order valence-electron chi connectivity index (χ3n) is 2.60. The minimum Gasteiger partial charge on any atom is -0.396 e. The summed E-state index contributed by atoms with van der Waals surface area (Å²) in [6.45, 7) is 5.54. The summed E-state index contributed by atoms with van der Waals surface area (Å²) >= 11 is 0. The van der Waals surface area contributed by atoms with Crippen molar-refractivity contribution in [2.24, 2.45) is 5.41 Å². The Balaban J connectivity index is 2.28. The molecule has 1 rings (SSSR count). The van der Waals surface area contributed by atoms with Crippen molar-refractivity contribution in [3.63, 3.8) is 0 Å². The third-order valence-corrected chi connectivity index (χ3v) is 2.60. The predicted octanol–water partition coefficient (Wildman–Crippen LogP) is 1.55. The average Bonchev–Trinajstić information content (AvgIpc) is 2.87. The molecule has 13 heavy (non-hydrogen) atoms. The Bertz CT molecular complexity index is 137. The molecule has 3 heteroatoms. The Morgan fingerprint density at radius 3 is 2.08 bits per heavy atom. The van der Waals surface area contributed by atoms with E-state index in [2.05, 4.69) is 0 Å². The van der Waals surface area contributed by atoms with Gasteiger partial charge in [0.05, 0.1) is 0 Å². The van der Waals surface area contributed by atoms with Gasteiger partial charge in [0, 0.05) is 26.2 Å². The second-order valence-electron chi connectivity index (χ2n) is 3.70. The van der Waals surface area contributed by atoms with Crippen LogP contribution < -0.4 is 0 Å². The van der Waals surface area contributed by atoms with E-state index in [-0.39, 0.29) is 18.3 Å². The molecule has 0 aromatic heterocycles. The van der Waals surface area contributed by atoms with Gasteiger partial charge in [-0.3, -0.25) is 0 Å². The van der Waals surface area contributed by atoms with Crippen LogP contribution in [0.25, 0.3) is 0 Å². The van der Waals surface area contributed by atoms with Crippen LogP contribution in [0.4, 0.5) is 0 Å². The summed E-state index contributed by atoms with van der Waals surface area (Å²) in [5.74, 6) is 0. The highest BCUT2D eigenvalue weighted by atomic mass is 16.7. The molecule has 0 bridgehead atoms. The lowest BCUT2D eigenvalue weighted by Gasteiger charge is -2.21. The van der Waals surface area contributed by atoms with Gasteiger partial charge in [-0.25, -0.2) is 0 Å². The molecule has 3 nitrogen and oxygen atoms in total. The second kappa shape index (κ2) is 4.94. The van der Waals surface area contributed by atoms with Crippen molar-refractivity contribution in [3.8, 4) is 0 Å². The van der Waals surface area contributed by atoms with Crippen molar-refractivity contribution in [2.75, 3.05) is 19.8 Å². The molecule has 1 aliphatic carbocycles. The van der Waals surface area contributed by atoms with E-state index < -0.39 is 0 Å². The van der Waals surface area contributed by atoms with Crippen LogP contribution in [0, 0.1) is 5.41 Å². The molecule has 0 saturated heterocycles. The van der Waals surface area contributed by atoms with Gasteiger partial charge in [-0.1, -0.05) is 0 Å². The number of rotatable bonds is 7. The first-order valence-corrected chi connectivity index (χ1v) is 5.10. The van der Waals surface area contributed by atoms with Crippen LogP contribution in [0.2, 0.25) is 0 Å². The highest BCUT2D eigenvalue weighted by molar-refractivity contribution is 4.93. The highest BCUT2D eigenvalue weighted by Crippen LogP contribution is 2.49. The van der Waals surface area contributed by atoms with Gasteiger partial charge in [-0.05, 0) is 32.1 Å². The SMILES string of the molecule is CCOC(CC1(CO)CC1)OCC. The Morgan fingerprint density at radius 2 is 1.77 bits per heavy atom. The first kappa shape index (κ1) is 11.0. The average molecular weight is 188 g/mol. The molecular formula is C10H20O3. The summed E-state index contributed by atoms with van der Waals surface area (Å²) < 4.78 is 10.9. The smallest absolute Gasteiger partial charge is 0.158 e. The van der Waals surface area contributed by atoms with E-state index in [1.807, 2.05) is 13.8 Å². The van der Waals surface area contributed by atoms with Crippen LogP contribution in [0.3, 0.4) is 0 Å². The van der Waals surface area contributed by atoms with Crippen molar-refractivity contribution in [1.82, 2.24) is 0 Å². The van der Waals surface area contributed by atoms with Crippen molar-refractivity contribution < 1.29 is 14.6 Å². The molecule has 1 N–H and O–H groups in total. The molecule has 1 fully saturated rings. The highest BCUT2D eigenvalue weighted by Gasteiger charge is 2.44. The molecular weight excluding hydrogens is 168 g/mol. The van der Waals surface area contributed by atoms with E-state index in [0.29, 0.717) is 13.2 Å². The topological polar surface area (TPSA) is 38.7 Å². The summed E-state index contributed by atoms with van der Waals surface area (Å²) in [4.78, 5) is 0. The fourth-order valence-corrected chi connectivity index (χ4v) is 1.49. The minimum atomic E-state index is -0.121. The molecule has 78 valence electrons. The van der Waals surface area contributed by atoms with E-state index >= 15 is 0 Å². The number of hydrogen-bond donors (Lipinski definition) is 1. The molecule has 1 aliphatic rings. The fourth-order valence-electron chi connectivity index (χ4n) is 1.49. The summed E-state index contributed by atoms with van der Waals surface area (Å²) in [5.41, 5.74) is 0.120. The molecule has 0 spiro atoms. The first-order chi connectivity index (χ1) is 6.26. The van der Waals surface area contributed by atoms with Gasteiger partial charge < -0.3 is 14.6 Å². The molecule has 1 saturated carbocycles. The quantitative estimate of drug-likeness (QED) is 0.616. The largest absolute Gasteiger partial charge is 0.396 e. The minimum absolute atomic E-state index is 0.120. The molecule has 0 radical (unpaired) electrons. The Labute approximate surface area is 80.0 Å². The zero-order valence-corrected chi connectivity index (χ0v) is 8.58. The van der Waals surface area contributed by atoms with Crippen LogP contribution in [-0.2, 0) is 9.47 Å². The molecule has 0 aliphatic heterocycles. The lowest BCUT2D eigenvalue weighted by atomic mass is 10.0. The zero-order valence-electron chi connectivity index (χ0n) is 8.58. The van der Waals surface area contributed by atoms with Crippen LogP contribution in [0.1, 0.15) is 33.1 Å². The van der Waals surface area contributed by atoms with Crippen molar-refractivity contribution in [1.29, 1.82) is 0 Å². The number of aliphatic hydroxyl groups is 1. The Hall–Kier alpha value is -0.120. The summed E-state index contributed by atoms with van der Waals surface area (Å²) in [5, 5.41) is 9.13. The van der Waals surface area contributed by atoms with Gasteiger partial charge in [0.2, 0.25) is 0 Å². The molecule has 0 amide bonds. The molecule has 0 aromatic rings. The molecule has 0 unspecified atom stereocenters. The van der Waals surface area contributed by atoms with Gasteiger partial charge in [0.15, 0.2) is 6.29 Å². The number of hydrogen-bond acceptors (Lipinski definition) is 3. The summed E-state index contributed by atoms with van der Waals surface area (Å²) in [6, 6.07) is 0. The van der Waals surface area contributed by atoms with Crippen LogP contribution in [-0.4, -0.2) is 31.2 Å². The molecule has 0 atom stereocenters. The van der Waals surface area contributed by atoms with Crippen LogP contribution >= 0.6 is 0 Å². The second-order valence-corrected chi connectivity index (χ2v) is 3.70. The monoisotopic (exact) mass is 188 g/mol. The van der Waals surface area contributed by atoms with Gasteiger partial charge in [-0.15, -0.1) is 0 Å². The third kappa shape index (κ3) is 3.25. The fraction of sp³-hybridized carbons (Fsp3) is 1.00. The van der Waals surface area contributed by atoms with E-state index in [1.54, 1.807) is 0 Å². The number of ether oxygens (including phenoxy) is 2. The Morgan fingerprint density at radius 1 is 1.23 bits per heavy atom. The molecule has 0 heterocycles. The Kier molecular flexibility index (Phi) is 4.16. The van der Waals surface area contributed by atoms with Crippen molar-refractivity contribution in [3.05, 3.63) is 0 Å². The van der Waals surface area contributed by atoms with Crippen molar-refractivity contribution in [2.45, 2.75) is 39.4 Å². The van der Waals surface area contributed by atoms with E-state index in [0.717, 1.165) is 19.3 Å². The van der Waals surface area contributed by atoms with Crippen LogP contribution in [0.5, 0.6) is 0 Å². The van der Waals surface area contributed by atoms with Crippen LogP contribution in [0.15, 0.2) is 0 Å². The first-order valence-electron chi connectivity index (χ1n) is 5.10. The van der Waals surface area contributed by atoms with E-state index in [1.165, 1.54) is 0 Å². The lowest BCUT2D eigenvalue weighted by Crippen LogP contribution is -2.23. The molecule has 0 aromatic carbocycles. The normalized spacial score (nSPS) is 19.4.